The number of thiophene rings is 1. The standard InChI is InChI=1S/C14H18N4O4S/c19-13(8-17-6-12(5-15-17)18(20)21)7-16-2-3-22-14(9-16)11-1-4-23-10-11/h1,4-6,10,13-14,19H,2-3,7-9H2/t13-,14+/m1/s1. The van der Waals surface area contributed by atoms with Crippen LogP contribution in [0.3, 0.4) is 0 Å². The van der Waals surface area contributed by atoms with Gasteiger partial charge in [0.05, 0.1) is 30.3 Å². The summed E-state index contributed by atoms with van der Waals surface area (Å²) < 4.78 is 7.18. The first-order valence-electron chi connectivity index (χ1n) is 7.33. The lowest BCUT2D eigenvalue weighted by Gasteiger charge is -2.33. The Morgan fingerprint density at radius 3 is 3.13 bits per heavy atom. The molecule has 2 aromatic rings. The minimum Gasteiger partial charge on any atom is -0.390 e. The SMILES string of the molecule is O=[N+]([O-])c1cnn(C[C@H](O)CN2CCO[C@H](c3ccsc3)C2)c1. The molecule has 1 saturated heterocycles. The summed E-state index contributed by atoms with van der Waals surface area (Å²) in [6.45, 7) is 2.83. The molecule has 0 spiro atoms. The van der Waals surface area contributed by atoms with Gasteiger partial charge >= 0.3 is 5.69 Å². The molecule has 9 heteroatoms. The second-order valence-electron chi connectivity index (χ2n) is 5.51. The lowest BCUT2D eigenvalue weighted by atomic mass is 10.1. The Morgan fingerprint density at radius 2 is 2.43 bits per heavy atom. The van der Waals surface area contributed by atoms with Crippen LogP contribution in [0, 0.1) is 10.1 Å². The van der Waals surface area contributed by atoms with Crippen LogP contribution in [0.1, 0.15) is 11.7 Å². The van der Waals surface area contributed by atoms with E-state index in [2.05, 4.69) is 21.4 Å². The van der Waals surface area contributed by atoms with Crippen LogP contribution < -0.4 is 0 Å². The Kier molecular flexibility index (Phi) is 5.01. The minimum absolute atomic E-state index is 0.0352. The fraction of sp³-hybridized carbons (Fsp3) is 0.500. The summed E-state index contributed by atoms with van der Waals surface area (Å²) in [5.41, 5.74) is 1.10. The molecule has 124 valence electrons. The summed E-state index contributed by atoms with van der Waals surface area (Å²) in [5.74, 6) is 0. The molecule has 0 radical (unpaired) electrons. The van der Waals surface area contributed by atoms with Gasteiger partial charge in [0.2, 0.25) is 0 Å². The predicted octanol–water partition coefficient (Wildman–Crippen LogP) is 1.29. The van der Waals surface area contributed by atoms with Crippen molar-refractivity contribution in [3.63, 3.8) is 0 Å². The highest BCUT2D eigenvalue weighted by Gasteiger charge is 2.24. The third kappa shape index (κ3) is 4.14. The van der Waals surface area contributed by atoms with Crippen molar-refractivity contribution in [1.29, 1.82) is 0 Å². The van der Waals surface area contributed by atoms with Crippen molar-refractivity contribution in [2.45, 2.75) is 18.8 Å². The summed E-state index contributed by atoms with van der Waals surface area (Å²) in [6, 6.07) is 2.05. The van der Waals surface area contributed by atoms with Crippen LogP contribution in [0.15, 0.2) is 29.2 Å². The molecule has 2 atom stereocenters. The molecule has 3 heterocycles. The Bertz CT molecular complexity index is 645. The molecule has 0 bridgehead atoms. The molecule has 1 fully saturated rings. The average Bonchev–Trinajstić information content (AvgIpc) is 3.18. The summed E-state index contributed by atoms with van der Waals surface area (Å²) in [4.78, 5) is 12.3. The fourth-order valence-electron chi connectivity index (χ4n) is 2.65. The first-order valence-corrected chi connectivity index (χ1v) is 8.27. The molecule has 0 aliphatic carbocycles. The Balaban J connectivity index is 1.52. The van der Waals surface area contributed by atoms with Gasteiger partial charge < -0.3 is 9.84 Å². The Morgan fingerprint density at radius 1 is 1.57 bits per heavy atom. The molecule has 2 aromatic heterocycles. The zero-order chi connectivity index (χ0) is 16.2. The van der Waals surface area contributed by atoms with E-state index in [0.717, 1.165) is 18.7 Å². The summed E-state index contributed by atoms with van der Waals surface area (Å²) in [5, 5.41) is 28.8. The van der Waals surface area contributed by atoms with E-state index in [0.29, 0.717) is 13.2 Å². The number of aliphatic hydroxyl groups is 1. The van der Waals surface area contributed by atoms with Crippen LogP contribution in [-0.4, -0.2) is 57.1 Å². The predicted molar refractivity (Wildman–Crippen MR) is 84.3 cm³/mol. The molecule has 0 aromatic carbocycles. The van der Waals surface area contributed by atoms with Gasteiger partial charge in [0.15, 0.2) is 0 Å². The van der Waals surface area contributed by atoms with E-state index in [9.17, 15) is 15.2 Å². The second-order valence-corrected chi connectivity index (χ2v) is 6.29. The maximum absolute atomic E-state index is 10.6. The van der Waals surface area contributed by atoms with E-state index < -0.39 is 11.0 Å². The largest absolute Gasteiger partial charge is 0.390 e. The van der Waals surface area contributed by atoms with Gasteiger partial charge in [0.1, 0.15) is 12.4 Å². The van der Waals surface area contributed by atoms with Crippen LogP contribution in [-0.2, 0) is 11.3 Å². The van der Waals surface area contributed by atoms with Crippen LogP contribution in [0.4, 0.5) is 5.69 Å². The van der Waals surface area contributed by atoms with Gasteiger partial charge in [-0.25, -0.2) is 0 Å². The quantitative estimate of drug-likeness (QED) is 0.630. The molecule has 1 aliphatic rings. The first-order chi connectivity index (χ1) is 11.1. The molecule has 8 nitrogen and oxygen atoms in total. The molecule has 0 amide bonds. The third-order valence-electron chi connectivity index (χ3n) is 3.76. The smallest absolute Gasteiger partial charge is 0.306 e. The van der Waals surface area contributed by atoms with Gasteiger partial charge in [0, 0.05) is 19.6 Å². The zero-order valence-corrected chi connectivity index (χ0v) is 13.3. The van der Waals surface area contributed by atoms with Crippen molar-refractivity contribution in [2.75, 3.05) is 26.2 Å². The number of hydrogen-bond donors (Lipinski definition) is 1. The number of hydrogen-bond acceptors (Lipinski definition) is 7. The lowest BCUT2D eigenvalue weighted by molar-refractivity contribution is -0.385. The second kappa shape index (κ2) is 7.18. The van der Waals surface area contributed by atoms with Crippen LogP contribution >= 0.6 is 11.3 Å². The molecule has 1 aliphatic heterocycles. The van der Waals surface area contributed by atoms with Crippen LogP contribution in [0.5, 0.6) is 0 Å². The van der Waals surface area contributed by atoms with E-state index in [1.807, 2.05) is 5.38 Å². The van der Waals surface area contributed by atoms with Gasteiger partial charge in [0.25, 0.3) is 0 Å². The van der Waals surface area contributed by atoms with Gasteiger partial charge in [-0.15, -0.1) is 0 Å². The monoisotopic (exact) mass is 338 g/mol. The van der Waals surface area contributed by atoms with Crippen molar-refractivity contribution in [1.82, 2.24) is 14.7 Å². The van der Waals surface area contributed by atoms with Crippen molar-refractivity contribution in [2.24, 2.45) is 0 Å². The summed E-state index contributed by atoms with van der Waals surface area (Å²) >= 11 is 1.64. The number of ether oxygens (including phenoxy) is 1. The van der Waals surface area contributed by atoms with Crippen molar-refractivity contribution in [3.05, 3.63) is 44.9 Å². The zero-order valence-electron chi connectivity index (χ0n) is 12.4. The summed E-state index contributed by atoms with van der Waals surface area (Å²) in [6.07, 6.45) is 1.91. The van der Waals surface area contributed by atoms with Gasteiger partial charge in [-0.2, -0.15) is 16.4 Å². The Labute approximate surface area is 137 Å². The maximum Gasteiger partial charge on any atom is 0.306 e. The van der Waals surface area contributed by atoms with E-state index >= 15 is 0 Å². The topological polar surface area (TPSA) is 93.7 Å². The molecular weight excluding hydrogens is 320 g/mol. The van der Waals surface area contributed by atoms with Crippen LogP contribution in [0.25, 0.3) is 0 Å². The number of nitro groups is 1. The number of β-amino-alcohol motifs (C(OH)–C–C–N with tert-alkyl or cyclic N) is 1. The fourth-order valence-corrected chi connectivity index (χ4v) is 3.35. The number of morpholine rings is 1. The van der Waals surface area contributed by atoms with Crippen molar-refractivity contribution < 1.29 is 14.8 Å². The first kappa shape index (κ1) is 16.1. The Hall–Kier alpha value is -1.81. The number of aliphatic hydroxyl groups excluding tert-OH is 1. The highest BCUT2D eigenvalue weighted by atomic mass is 32.1. The molecular formula is C14H18N4O4S. The van der Waals surface area contributed by atoms with Gasteiger partial charge in [-0.1, -0.05) is 0 Å². The van der Waals surface area contributed by atoms with E-state index in [4.69, 9.17) is 4.74 Å². The van der Waals surface area contributed by atoms with Gasteiger partial charge in [-0.3, -0.25) is 19.7 Å². The average molecular weight is 338 g/mol. The maximum atomic E-state index is 10.6. The van der Waals surface area contributed by atoms with Crippen molar-refractivity contribution >= 4 is 17.0 Å². The van der Waals surface area contributed by atoms with E-state index in [1.54, 1.807) is 11.3 Å². The minimum atomic E-state index is -0.643. The number of rotatable bonds is 6. The number of aromatic nitrogens is 2. The summed E-state index contributed by atoms with van der Waals surface area (Å²) in [7, 11) is 0. The highest BCUT2D eigenvalue weighted by molar-refractivity contribution is 7.07. The third-order valence-corrected chi connectivity index (χ3v) is 4.46. The van der Waals surface area contributed by atoms with Crippen molar-refractivity contribution in [3.8, 4) is 0 Å². The van der Waals surface area contributed by atoms with Crippen LogP contribution in [0.2, 0.25) is 0 Å². The number of nitrogens with zero attached hydrogens (tertiary/aromatic N) is 4. The molecule has 0 saturated carbocycles. The normalized spacial score (nSPS) is 20.5. The lowest BCUT2D eigenvalue weighted by Crippen LogP contribution is -2.43. The molecule has 23 heavy (non-hydrogen) atoms. The van der Waals surface area contributed by atoms with E-state index in [-0.39, 0.29) is 18.3 Å². The molecule has 3 rings (SSSR count). The molecule has 1 N–H and O–H groups in total. The van der Waals surface area contributed by atoms with Gasteiger partial charge in [-0.05, 0) is 22.4 Å². The highest BCUT2D eigenvalue weighted by Crippen LogP contribution is 2.24. The van der Waals surface area contributed by atoms with E-state index in [1.165, 1.54) is 17.1 Å². The molecule has 0 unspecified atom stereocenters.